The third-order valence-electron chi connectivity index (χ3n) is 7.76. The Kier molecular flexibility index (Phi) is 10.2. The molecule has 1 aliphatic carbocycles. The Bertz CT molecular complexity index is 1130. The first kappa shape index (κ1) is 26.9. The molecule has 0 spiro atoms. The van der Waals surface area contributed by atoms with Crippen LogP contribution in [0.2, 0.25) is 0 Å². The predicted molar refractivity (Wildman–Crippen MR) is 155 cm³/mol. The first-order chi connectivity index (χ1) is 18.1. The van der Waals surface area contributed by atoms with Crippen molar-refractivity contribution in [3.05, 3.63) is 102 Å². The molecule has 1 saturated carbocycles. The van der Waals surface area contributed by atoms with Crippen molar-refractivity contribution in [2.24, 2.45) is 11.8 Å². The van der Waals surface area contributed by atoms with E-state index in [1.54, 1.807) is 0 Å². The molecule has 0 heterocycles. The lowest BCUT2D eigenvalue weighted by Crippen LogP contribution is -2.13. The summed E-state index contributed by atoms with van der Waals surface area (Å²) in [5, 5.41) is 0. The topological polar surface area (TPSA) is 26.3 Å². The number of carbonyl (C=O) groups excluding carboxylic acids is 1. The number of para-hydroxylation sites is 1. The number of ether oxygens (including phenoxy) is 1. The number of esters is 1. The fourth-order valence-electron chi connectivity index (χ4n) is 5.38. The fourth-order valence-corrected chi connectivity index (χ4v) is 5.38. The first-order valence-corrected chi connectivity index (χ1v) is 14.3. The number of carbonyl (C=O) groups is 1. The van der Waals surface area contributed by atoms with Crippen LogP contribution in [0.15, 0.2) is 84.9 Å². The summed E-state index contributed by atoms with van der Waals surface area (Å²) in [5.74, 6) is 2.00. The summed E-state index contributed by atoms with van der Waals surface area (Å²) >= 11 is 0. The zero-order chi connectivity index (χ0) is 25.9. The number of allylic oxidation sites excluding steroid dienone is 2. The number of aryl methyl sites for hydroxylation is 2. The Morgan fingerprint density at radius 2 is 1.62 bits per heavy atom. The molecule has 0 unspecified atom stereocenters. The Balaban J connectivity index is 1.24. The molecule has 0 aliphatic heterocycles. The molecule has 0 amide bonds. The molecule has 0 N–H and O–H groups in total. The smallest absolute Gasteiger partial charge is 0.343 e. The maximum Gasteiger partial charge on any atom is 0.343 e. The van der Waals surface area contributed by atoms with Crippen LogP contribution in [-0.4, -0.2) is 5.97 Å². The van der Waals surface area contributed by atoms with E-state index in [2.05, 4.69) is 62.4 Å². The number of hydrogen-bond acceptors (Lipinski definition) is 2. The second-order valence-corrected chi connectivity index (χ2v) is 10.7. The Morgan fingerprint density at radius 3 is 2.35 bits per heavy atom. The third kappa shape index (κ3) is 8.18. The first-order valence-electron chi connectivity index (χ1n) is 14.3. The molecule has 0 aromatic heterocycles. The van der Waals surface area contributed by atoms with Crippen LogP contribution >= 0.6 is 0 Å². The van der Waals surface area contributed by atoms with Gasteiger partial charge in [0.2, 0.25) is 0 Å². The summed E-state index contributed by atoms with van der Waals surface area (Å²) in [6.45, 7) is 4.36. The van der Waals surface area contributed by atoms with E-state index in [1.807, 2.05) is 36.4 Å². The van der Waals surface area contributed by atoms with E-state index in [4.69, 9.17) is 4.74 Å². The van der Waals surface area contributed by atoms with Gasteiger partial charge in [-0.2, -0.15) is 0 Å². The maximum absolute atomic E-state index is 12.9. The number of hydrogen-bond donors (Lipinski definition) is 0. The van der Waals surface area contributed by atoms with Gasteiger partial charge < -0.3 is 4.74 Å². The minimum Gasteiger partial charge on any atom is -0.422 e. The van der Waals surface area contributed by atoms with Gasteiger partial charge in [0.1, 0.15) is 5.75 Å². The van der Waals surface area contributed by atoms with E-state index in [0.29, 0.717) is 11.3 Å². The van der Waals surface area contributed by atoms with Crippen molar-refractivity contribution in [2.45, 2.75) is 78.1 Å². The van der Waals surface area contributed by atoms with Crippen LogP contribution < -0.4 is 4.74 Å². The molecule has 0 saturated heterocycles. The van der Waals surface area contributed by atoms with Gasteiger partial charge >= 0.3 is 5.97 Å². The SMILES string of the molecule is CCCCCC1CCC(/C=C/CCc2ccc(C(=O)Oc3ccccc3-c3ccc(C)cc3)cc2)CC1. The molecule has 4 rings (SSSR count). The number of unbranched alkanes of at least 4 members (excludes halogenated alkanes) is 2. The molecule has 3 aromatic carbocycles. The highest BCUT2D eigenvalue weighted by atomic mass is 16.5. The normalized spacial score (nSPS) is 17.7. The largest absolute Gasteiger partial charge is 0.422 e. The number of benzene rings is 3. The highest BCUT2D eigenvalue weighted by Crippen LogP contribution is 2.33. The van der Waals surface area contributed by atoms with E-state index in [-0.39, 0.29) is 5.97 Å². The van der Waals surface area contributed by atoms with Crippen LogP contribution in [0.25, 0.3) is 11.1 Å². The Labute approximate surface area is 223 Å². The highest BCUT2D eigenvalue weighted by molar-refractivity contribution is 5.92. The Hall–Kier alpha value is -3.13. The number of rotatable bonds is 11. The molecular weight excluding hydrogens is 452 g/mol. The molecule has 37 heavy (non-hydrogen) atoms. The van der Waals surface area contributed by atoms with Gasteiger partial charge in [0.05, 0.1) is 5.56 Å². The second-order valence-electron chi connectivity index (χ2n) is 10.7. The van der Waals surface area contributed by atoms with Crippen LogP contribution in [0.1, 0.15) is 86.2 Å². The van der Waals surface area contributed by atoms with Crippen LogP contribution in [-0.2, 0) is 6.42 Å². The van der Waals surface area contributed by atoms with Crippen molar-refractivity contribution in [1.29, 1.82) is 0 Å². The van der Waals surface area contributed by atoms with E-state index >= 15 is 0 Å². The van der Waals surface area contributed by atoms with Gasteiger partial charge in [-0.15, -0.1) is 0 Å². The molecule has 1 aliphatic rings. The van der Waals surface area contributed by atoms with Crippen LogP contribution in [0.5, 0.6) is 5.75 Å². The van der Waals surface area contributed by atoms with E-state index in [9.17, 15) is 4.79 Å². The maximum atomic E-state index is 12.9. The van der Waals surface area contributed by atoms with Gasteiger partial charge in [-0.3, -0.25) is 0 Å². The molecular formula is C35H42O2. The molecule has 0 radical (unpaired) electrons. The van der Waals surface area contributed by atoms with E-state index in [0.717, 1.165) is 35.8 Å². The summed E-state index contributed by atoms with van der Waals surface area (Å²) < 4.78 is 5.81. The second kappa shape index (κ2) is 14.0. The fraction of sp³-hybridized carbons (Fsp3) is 0.400. The lowest BCUT2D eigenvalue weighted by molar-refractivity contribution is 0.0735. The molecule has 2 heteroatoms. The van der Waals surface area contributed by atoms with Crippen molar-refractivity contribution < 1.29 is 9.53 Å². The van der Waals surface area contributed by atoms with Gasteiger partial charge in [-0.25, -0.2) is 4.79 Å². The van der Waals surface area contributed by atoms with Crippen LogP contribution in [0.3, 0.4) is 0 Å². The minimum atomic E-state index is -0.323. The third-order valence-corrected chi connectivity index (χ3v) is 7.76. The van der Waals surface area contributed by atoms with Gasteiger partial charge in [0.15, 0.2) is 0 Å². The Morgan fingerprint density at radius 1 is 0.892 bits per heavy atom. The zero-order valence-corrected chi connectivity index (χ0v) is 22.6. The highest BCUT2D eigenvalue weighted by Gasteiger charge is 2.19. The summed E-state index contributed by atoms with van der Waals surface area (Å²) in [6, 6.07) is 23.8. The summed E-state index contributed by atoms with van der Waals surface area (Å²) in [7, 11) is 0. The van der Waals surface area contributed by atoms with Crippen molar-refractivity contribution in [1.82, 2.24) is 0 Å². The lowest BCUT2D eigenvalue weighted by atomic mass is 9.79. The summed E-state index contributed by atoms with van der Waals surface area (Å²) in [6.07, 6.45) is 18.0. The van der Waals surface area contributed by atoms with Gasteiger partial charge in [0, 0.05) is 5.56 Å². The predicted octanol–water partition coefficient (Wildman–Crippen LogP) is 9.76. The summed E-state index contributed by atoms with van der Waals surface area (Å²) in [5.41, 5.74) is 4.99. The average Bonchev–Trinajstić information content (AvgIpc) is 2.93. The molecule has 3 aromatic rings. The molecule has 1 fully saturated rings. The molecule has 2 nitrogen and oxygen atoms in total. The van der Waals surface area contributed by atoms with Crippen molar-refractivity contribution in [3.8, 4) is 16.9 Å². The van der Waals surface area contributed by atoms with Gasteiger partial charge in [-0.05, 0) is 86.6 Å². The van der Waals surface area contributed by atoms with Gasteiger partial charge in [0.25, 0.3) is 0 Å². The lowest BCUT2D eigenvalue weighted by Gasteiger charge is -2.26. The van der Waals surface area contributed by atoms with E-state index in [1.165, 1.54) is 62.5 Å². The van der Waals surface area contributed by atoms with Crippen LogP contribution in [0.4, 0.5) is 0 Å². The van der Waals surface area contributed by atoms with Crippen LogP contribution in [0, 0.1) is 18.8 Å². The monoisotopic (exact) mass is 494 g/mol. The molecule has 0 bridgehead atoms. The van der Waals surface area contributed by atoms with E-state index < -0.39 is 0 Å². The minimum absolute atomic E-state index is 0.323. The molecule has 194 valence electrons. The van der Waals surface area contributed by atoms with Crippen molar-refractivity contribution in [2.75, 3.05) is 0 Å². The van der Waals surface area contributed by atoms with Gasteiger partial charge in [-0.1, -0.05) is 105 Å². The summed E-state index contributed by atoms with van der Waals surface area (Å²) in [4.78, 5) is 12.9. The standard InChI is InChI=1S/C35H42O2/c1-3-4-5-10-28-17-19-29(20-18-28)11-6-7-12-30-21-25-32(26-22-30)35(36)37-34-14-9-8-13-33(34)31-23-15-27(2)16-24-31/h6,8-9,11,13-16,21-26,28-29H,3-5,7,10,12,17-20H2,1-2H3/b11-6+. The van der Waals surface area contributed by atoms with Crippen molar-refractivity contribution >= 4 is 5.97 Å². The average molecular weight is 495 g/mol. The quantitative estimate of drug-likeness (QED) is 0.115. The van der Waals surface area contributed by atoms with Crippen molar-refractivity contribution in [3.63, 3.8) is 0 Å². The zero-order valence-electron chi connectivity index (χ0n) is 22.6. The molecule has 0 atom stereocenters.